The van der Waals surface area contributed by atoms with Crippen LogP contribution in [0.5, 0.6) is 0 Å². The number of thioether (sulfide) groups is 1. The van der Waals surface area contributed by atoms with E-state index in [1.165, 1.54) is 10.5 Å². The third-order valence-electron chi connectivity index (χ3n) is 3.35. The van der Waals surface area contributed by atoms with Crippen LogP contribution >= 0.6 is 11.8 Å². The third kappa shape index (κ3) is 6.44. The van der Waals surface area contributed by atoms with Crippen molar-refractivity contribution in [2.24, 2.45) is 5.73 Å². The van der Waals surface area contributed by atoms with Crippen LogP contribution in [-0.4, -0.2) is 30.7 Å². The van der Waals surface area contributed by atoms with Crippen LogP contribution in [0, 0.1) is 0 Å². The lowest BCUT2D eigenvalue weighted by Crippen LogP contribution is -2.25. The molecule has 3 nitrogen and oxygen atoms in total. The number of rotatable bonds is 9. The highest BCUT2D eigenvalue weighted by Crippen LogP contribution is 2.16. The Hall–Kier alpha value is -1.00. The van der Waals surface area contributed by atoms with Gasteiger partial charge in [-0.1, -0.05) is 25.0 Å². The SMILES string of the molecule is CSc1ccc(CN(C)C(=O)CCCCCCN)cc1. The Bertz CT molecular complexity index is 392. The Balaban J connectivity index is 2.29. The van der Waals surface area contributed by atoms with Crippen molar-refractivity contribution in [2.45, 2.75) is 43.5 Å². The first kappa shape index (κ1) is 17.1. The van der Waals surface area contributed by atoms with E-state index in [0.29, 0.717) is 13.0 Å². The van der Waals surface area contributed by atoms with Crippen molar-refractivity contribution in [3.8, 4) is 0 Å². The molecular weight excluding hydrogens is 268 g/mol. The van der Waals surface area contributed by atoms with Gasteiger partial charge in [0.1, 0.15) is 0 Å². The summed E-state index contributed by atoms with van der Waals surface area (Å²) < 4.78 is 0. The zero-order valence-corrected chi connectivity index (χ0v) is 13.4. The highest BCUT2D eigenvalue weighted by atomic mass is 32.2. The average molecular weight is 294 g/mol. The van der Waals surface area contributed by atoms with Crippen molar-refractivity contribution in [3.05, 3.63) is 29.8 Å². The van der Waals surface area contributed by atoms with Crippen molar-refractivity contribution >= 4 is 17.7 Å². The summed E-state index contributed by atoms with van der Waals surface area (Å²) in [6.45, 7) is 1.44. The highest BCUT2D eigenvalue weighted by molar-refractivity contribution is 7.98. The second-order valence-electron chi connectivity index (χ2n) is 5.05. The Kier molecular flexibility index (Phi) is 8.38. The summed E-state index contributed by atoms with van der Waals surface area (Å²) in [5.41, 5.74) is 6.63. The van der Waals surface area contributed by atoms with E-state index in [-0.39, 0.29) is 5.91 Å². The van der Waals surface area contributed by atoms with E-state index >= 15 is 0 Å². The van der Waals surface area contributed by atoms with Gasteiger partial charge in [-0.3, -0.25) is 4.79 Å². The Morgan fingerprint density at radius 3 is 2.40 bits per heavy atom. The van der Waals surface area contributed by atoms with Crippen LogP contribution < -0.4 is 5.73 Å². The van der Waals surface area contributed by atoms with E-state index in [1.807, 2.05) is 11.9 Å². The molecule has 0 saturated heterocycles. The average Bonchev–Trinajstić information content (AvgIpc) is 2.47. The predicted octanol–water partition coefficient (Wildman–Crippen LogP) is 3.28. The normalized spacial score (nSPS) is 10.6. The van der Waals surface area contributed by atoms with Crippen LogP contribution in [0.25, 0.3) is 0 Å². The van der Waals surface area contributed by atoms with Gasteiger partial charge in [-0.05, 0) is 43.3 Å². The van der Waals surface area contributed by atoms with Crippen molar-refractivity contribution in [1.29, 1.82) is 0 Å². The van der Waals surface area contributed by atoms with Gasteiger partial charge in [0.15, 0.2) is 0 Å². The minimum Gasteiger partial charge on any atom is -0.341 e. The van der Waals surface area contributed by atoms with Gasteiger partial charge >= 0.3 is 0 Å². The number of benzene rings is 1. The molecule has 0 radical (unpaired) electrons. The summed E-state index contributed by atoms with van der Waals surface area (Å²) in [7, 11) is 1.88. The number of amides is 1. The maximum Gasteiger partial charge on any atom is 0.222 e. The minimum absolute atomic E-state index is 0.228. The van der Waals surface area contributed by atoms with Crippen molar-refractivity contribution in [2.75, 3.05) is 19.8 Å². The second-order valence-corrected chi connectivity index (χ2v) is 5.93. The summed E-state index contributed by atoms with van der Waals surface area (Å²) in [6, 6.07) is 8.39. The van der Waals surface area contributed by atoms with Crippen LogP contribution in [-0.2, 0) is 11.3 Å². The highest BCUT2D eigenvalue weighted by Gasteiger charge is 2.08. The van der Waals surface area contributed by atoms with Gasteiger partial charge in [-0.25, -0.2) is 0 Å². The van der Waals surface area contributed by atoms with Crippen LogP contribution in [0.1, 0.15) is 37.7 Å². The molecule has 0 aliphatic heterocycles. The van der Waals surface area contributed by atoms with E-state index in [4.69, 9.17) is 5.73 Å². The molecule has 1 amide bonds. The van der Waals surface area contributed by atoms with Gasteiger partial charge in [-0.2, -0.15) is 0 Å². The number of unbranched alkanes of at least 4 members (excludes halogenated alkanes) is 3. The summed E-state index contributed by atoms with van der Waals surface area (Å²) >= 11 is 1.73. The second kappa shape index (κ2) is 9.83. The quantitative estimate of drug-likeness (QED) is 0.561. The molecular formula is C16H26N2OS. The standard InChI is InChI=1S/C16H26N2OS/c1-18(16(19)7-5-3-4-6-12-17)13-14-8-10-15(20-2)11-9-14/h8-11H,3-7,12-13,17H2,1-2H3. The van der Waals surface area contributed by atoms with E-state index in [0.717, 1.165) is 32.2 Å². The minimum atomic E-state index is 0.228. The first-order chi connectivity index (χ1) is 9.67. The number of nitrogens with zero attached hydrogens (tertiary/aromatic N) is 1. The Labute approximate surface area is 126 Å². The molecule has 0 saturated carbocycles. The molecule has 0 aromatic heterocycles. The van der Waals surface area contributed by atoms with Crippen LogP contribution in [0.3, 0.4) is 0 Å². The number of carbonyl (C=O) groups is 1. The molecule has 0 unspecified atom stereocenters. The first-order valence-corrected chi connectivity index (χ1v) is 8.47. The maximum absolute atomic E-state index is 12.0. The fourth-order valence-electron chi connectivity index (χ4n) is 2.06. The fourth-order valence-corrected chi connectivity index (χ4v) is 2.47. The lowest BCUT2D eigenvalue weighted by Gasteiger charge is -2.17. The monoisotopic (exact) mass is 294 g/mol. The van der Waals surface area contributed by atoms with Gasteiger partial charge in [0.05, 0.1) is 0 Å². The van der Waals surface area contributed by atoms with Crippen LogP contribution in [0.15, 0.2) is 29.2 Å². The van der Waals surface area contributed by atoms with Crippen molar-refractivity contribution in [3.63, 3.8) is 0 Å². The van der Waals surface area contributed by atoms with Gasteiger partial charge in [-0.15, -0.1) is 11.8 Å². The largest absolute Gasteiger partial charge is 0.341 e. The summed E-state index contributed by atoms with van der Waals surface area (Å²) in [5, 5.41) is 0. The molecule has 0 atom stereocenters. The molecule has 1 aromatic carbocycles. The zero-order chi connectivity index (χ0) is 14.8. The molecule has 0 aliphatic rings. The van der Waals surface area contributed by atoms with E-state index in [2.05, 4.69) is 30.5 Å². The molecule has 0 spiro atoms. The van der Waals surface area contributed by atoms with Crippen LogP contribution in [0.4, 0.5) is 0 Å². The smallest absolute Gasteiger partial charge is 0.222 e. The molecule has 1 rings (SSSR count). The molecule has 0 bridgehead atoms. The van der Waals surface area contributed by atoms with E-state index in [9.17, 15) is 4.79 Å². The third-order valence-corrected chi connectivity index (χ3v) is 4.09. The van der Waals surface area contributed by atoms with Gasteiger partial charge < -0.3 is 10.6 Å². The number of hydrogen-bond donors (Lipinski definition) is 1. The number of nitrogens with two attached hydrogens (primary N) is 1. The molecule has 2 N–H and O–H groups in total. The Morgan fingerprint density at radius 1 is 1.15 bits per heavy atom. The van der Waals surface area contributed by atoms with Gasteiger partial charge in [0.2, 0.25) is 5.91 Å². The van der Waals surface area contributed by atoms with Crippen LogP contribution in [0.2, 0.25) is 0 Å². The summed E-state index contributed by atoms with van der Waals surface area (Å²) in [6.07, 6.45) is 6.96. The molecule has 1 aromatic rings. The maximum atomic E-state index is 12.0. The first-order valence-electron chi connectivity index (χ1n) is 7.24. The van der Waals surface area contributed by atoms with E-state index in [1.54, 1.807) is 11.8 Å². The topological polar surface area (TPSA) is 46.3 Å². The lowest BCUT2D eigenvalue weighted by atomic mass is 10.1. The molecule has 0 heterocycles. The fraction of sp³-hybridized carbons (Fsp3) is 0.562. The van der Waals surface area contributed by atoms with Crippen molar-refractivity contribution < 1.29 is 4.79 Å². The number of hydrogen-bond acceptors (Lipinski definition) is 3. The summed E-state index contributed by atoms with van der Waals surface area (Å²) in [4.78, 5) is 15.1. The van der Waals surface area contributed by atoms with E-state index < -0.39 is 0 Å². The molecule has 20 heavy (non-hydrogen) atoms. The molecule has 0 fully saturated rings. The van der Waals surface area contributed by atoms with Gasteiger partial charge in [0, 0.05) is 24.9 Å². The molecule has 4 heteroatoms. The van der Waals surface area contributed by atoms with Crippen molar-refractivity contribution in [1.82, 2.24) is 4.90 Å². The zero-order valence-electron chi connectivity index (χ0n) is 12.6. The van der Waals surface area contributed by atoms with Gasteiger partial charge in [0.25, 0.3) is 0 Å². The lowest BCUT2D eigenvalue weighted by molar-refractivity contribution is -0.130. The Morgan fingerprint density at radius 2 is 1.80 bits per heavy atom. The molecule has 112 valence electrons. The number of carbonyl (C=O) groups excluding carboxylic acids is 1. The predicted molar refractivity (Wildman–Crippen MR) is 86.8 cm³/mol. The summed E-state index contributed by atoms with van der Waals surface area (Å²) in [5.74, 6) is 0.228. The molecule has 0 aliphatic carbocycles.